The molecule has 4 rings (SSSR count). The lowest BCUT2D eigenvalue weighted by Gasteiger charge is -2.26. The van der Waals surface area contributed by atoms with Crippen LogP contribution in [0.4, 0.5) is 15.6 Å². The first-order valence-corrected chi connectivity index (χ1v) is 10.0. The van der Waals surface area contributed by atoms with Crippen molar-refractivity contribution in [3.8, 4) is 5.75 Å². The number of urea groups is 1. The van der Waals surface area contributed by atoms with Gasteiger partial charge < -0.3 is 19.7 Å². The summed E-state index contributed by atoms with van der Waals surface area (Å²) in [6.07, 6.45) is 1.94. The summed E-state index contributed by atoms with van der Waals surface area (Å²) in [7, 11) is 1.60. The third-order valence-electron chi connectivity index (χ3n) is 4.81. The molecule has 28 heavy (non-hydrogen) atoms. The lowest BCUT2D eigenvalue weighted by molar-refractivity contribution is -0.124. The van der Waals surface area contributed by atoms with E-state index >= 15 is 0 Å². The maximum absolute atomic E-state index is 12.6. The van der Waals surface area contributed by atoms with Crippen molar-refractivity contribution in [2.75, 3.05) is 30.9 Å². The van der Waals surface area contributed by atoms with Crippen molar-refractivity contribution in [2.45, 2.75) is 31.9 Å². The molecule has 1 aromatic heterocycles. The van der Waals surface area contributed by atoms with Gasteiger partial charge in [-0.3, -0.25) is 10.1 Å². The average molecular weight is 402 g/mol. The Bertz CT molecular complexity index is 861. The largest absolute Gasteiger partial charge is 0.497 e. The molecule has 9 heteroatoms. The van der Waals surface area contributed by atoms with E-state index in [-0.39, 0.29) is 18.0 Å². The first kappa shape index (κ1) is 18.7. The zero-order valence-electron chi connectivity index (χ0n) is 15.6. The lowest BCUT2D eigenvalue weighted by atomic mass is 10.2. The molecular weight excluding hydrogens is 380 g/mol. The Morgan fingerprint density at radius 1 is 1.29 bits per heavy atom. The summed E-state index contributed by atoms with van der Waals surface area (Å²) in [4.78, 5) is 32.0. The van der Waals surface area contributed by atoms with Gasteiger partial charge in [0.05, 0.1) is 19.3 Å². The first-order valence-electron chi connectivity index (χ1n) is 9.23. The molecule has 0 radical (unpaired) electrons. The molecule has 1 saturated heterocycles. The molecule has 0 bridgehead atoms. The van der Waals surface area contributed by atoms with Gasteiger partial charge >= 0.3 is 6.03 Å². The highest BCUT2D eigenvalue weighted by molar-refractivity contribution is 7.15. The highest BCUT2D eigenvalue weighted by Gasteiger charge is 2.27. The van der Waals surface area contributed by atoms with E-state index < -0.39 is 0 Å². The van der Waals surface area contributed by atoms with Gasteiger partial charge in [-0.2, -0.15) is 0 Å². The normalized spacial score (nSPS) is 18.5. The molecule has 2 N–H and O–H groups in total. The van der Waals surface area contributed by atoms with E-state index in [0.717, 1.165) is 29.2 Å². The van der Waals surface area contributed by atoms with Crippen LogP contribution in [0.5, 0.6) is 5.75 Å². The van der Waals surface area contributed by atoms with Crippen molar-refractivity contribution in [1.82, 2.24) is 9.88 Å². The van der Waals surface area contributed by atoms with Crippen LogP contribution in [0.25, 0.3) is 0 Å². The number of hydrogen-bond donors (Lipinski definition) is 2. The number of anilines is 2. The lowest BCUT2D eigenvalue weighted by Crippen LogP contribution is -2.38. The number of rotatable bonds is 4. The minimum absolute atomic E-state index is 0.141. The minimum Gasteiger partial charge on any atom is -0.497 e. The summed E-state index contributed by atoms with van der Waals surface area (Å²) in [6.45, 7) is 1.69. The average Bonchev–Trinajstić information content (AvgIpc) is 3.37. The van der Waals surface area contributed by atoms with Gasteiger partial charge in [-0.05, 0) is 37.1 Å². The molecule has 1 fully saturated rings. The molecular formula is C19H22N4O4S. The smallest absolute Gasteiger partial charge is 0.322 e. The van der Waals surface area contributed by atoms with Crippen molar-refractivity contribution >= 4 is 34.1 Å². The van der Waals surface area contributed by atoms with Gasteiger partial charge in [0.2, 0.25) is 0 Å². The summed E-state index contributed by atoms with van der Waals surface area (Å²) in [5, 5.41) is 6.32. The van der Waals surface area contributed by atoms with E-state index in [1.807, 2.05) is 0 Å². The van der Waals surface area contributed by atoms with Crippen molar-refractivity contribution in [3.63, 3.8) is 0 Å². The standard InChI is InChI=1S/C19H22N4O4S/c1-26-13-6-4-12(5-7-13)20-19(25)23-9-8-14-16(11-23)28-18(21-14)22-17(24)15-3-2-10-27-15/h4-7,15H,2-3,8-11H2,1H3,(H,20,25)(H,21,22,24). The maximum Gasteiger partial charge on any atom is 0.322 e. The van der Waals surface area contributed by atoms with Crippen molar-refractivity contribution in [2.24, 2.45) is 0 Å². The van der Waals surface area contributed by atoms with Gasteiger partial charge in [0, 0.05) is 30.1 Å². The number of nitrogens with one attached hydrogen (secondary N) is 2. The van der Waals surface area contributed by atoms with Crippen LogP contribution in [0.3, 0.4) is 0 Å². The van der Waals surface area contributed by atoms with Gasteiger partial charge in [-0.15, -0.1) is 0 Å². The maximum atomic E-state index is 12.6. The monoisotopic (exact) mass is 402 g/mol. The second kappa shape index (κ2) is 8.15. The molecule has 2 aliphatic rings. The molecule has 3 amide bonds. The molecule has 8 nitrogen and oxygen atoms in total. The van der Waals surface area contributed by atoms with Crippen LogP contribution in [-0.2, 0) is 22.5 Å². The van der Waals surface area contributed by atoms with Crippen LogP contribution in [0, 0.1) is 0 Å². The number of nitrogens with zero attached hydrogens (tertiary/aromatic N) is 2. The van der Waals surface area contributed by atoms with Gasteiger partial charge in [0.25, 0.3) is 5.91 Å². The number of thiazole rings is 1. The number of ether oxygens (including phenoxy) is 2. The van der Waals surface area contributed by atoms with E-state index in [2.05, 4.69) is 15.6 Å². The Hall–Kier alpha value is -2.65. The fraction of sp³-hybridized carbons (Fsp3) is 0.421. The number of hydrogen-bond acceptors (Lipinski definition) is 6. The Morgan fingerprint density at radius 2 is 2.11 bits per heavy atom. The minimum atomic E-state index is -0.382. The Kier molecular flexibility index (Phi) is 5.45. The van der Waals surface area contributed by atoms with Crippen LogP contribution in [0.2, 0.25) is 0 Å². The van der Waals surface area contributed by atoms with E-state index in [4.69, 9.17) is 9.47 Å². The highest BCUT2D eigenvalue weighted by Crippen LogP contribution is 2.29. The van der Waals surface area contributed by atoms with E-state index in [1.54, 1.807) is 36.3 Å². The topological polar surface area (TPSA) is 92.8 Å². The number of aromatic nitrogens is 1. The van der Waals surface area contributed by atoms with Crippen LogP contribution in [0.15, 0.2) is 24.3 Å². The number of carbonyl (C=O) groups excluding carboxylic acids is 2. The van der Waals surface area contributed by atoms with Crippen LogP contribution < -0.4 is 15.4 Å². The summed E-state index contributed by atoms with van der Waals surface area (Å²) < 4.78 is 10.5. The van der Waals surface area contributed by atoms with Gasteiger partial charge in [-0.1, -0.05) is 11.3 Å². The SMILES string of the molecule is COc1ccc(NC(=O)N2CCc3nc(NC(=O)C4CCCO4)sc3C2)cc1. The first-order chi connectivity index (χ1) is 13.6. The van der Waals surface area contributed by atoms with Crippen molar-refractivity contribution in [3.05, 3.63) is 34.8 Å². The van der Waals surface area contributed by atoms with Crippen LogP contribution in [-0.4, -0.2) is 48.2 Å². The van der Waals surface area contributed by atoms with Gasteiger partial charge in [0.15, 0.2) is 5.13 Å². The molecule has 0 saturated carbocycles. The Balaban J connectivity index is 1.36. The molecule has 2 aromatic rings. The van der Waals surface area contributed by atoms with E-state index in [9.17, 15) is 9.59 Å². The number of benzene rings is 1. The molecule has 0 aliphatic carbocycles. The van der Waals surface area contributed by atoms with Gasteiger partial charge in [-0.25, -0.2) is 9.78 Å². The number of carbonyl (C=O) groups is 2. The van der Waals surface area contributed by atoms with E-state index in [1.165, 1.54) is 11.3 Å². The second-order valence-corrected chi connectivity index (χ2v) is 7.79. The molecule has 1 aromatic carbocycles. The quantitative estimate of drug-likeness (QED) is 0.820. The predicted octanol–water partition coefficient (Wildman–Crippen LogP) is 2.86. The zero-order chi connectivity index (χ0) is 19.5. The van der Waals surface area contributed by atoms with E-state index in [0.29, 0.717) is 36.9 Å². The molecule has 2 aliphatic heterocycles. The molecule has 0 spiro atoms. The van der Waals surface area contributed by atoms with Crippen molar-refractivity contribution < 1.29 is 19.1 Å². The third kappa shape index (κ3) is 4.10. The summed E-state index contributed by atoms with van der Waals surface area (Å²) in [5.41, 5.74) is 1.66. The Morgan fingerprint density at radius 3 is 2.82 bits per heavy atom. The number of methoxy groups -OCH3 is 1. The summed E-state index contributed by atoms with van der Waals surface area (Å²) in [5.74, 6) is 0.598. The summed E-state index contributed by atoms with van der Waals surface area (Å²) >= 11 is 1.42. The van der Waals surface area contributed by atoms with Crippen molar-refractivity contribution in [1.29, 1.82) is 0 Å². The summed E-state index contributed by atoms with van der Waals surface area (Å²) in [6, 6.07) is 7.05. The Labute approximate surface area is 166 Å². The number of fused-ring (bicyclic) bond motifs is 1. The highest BCUT2D eigenvalue weighted by atomic mass is 32.1. The molecule has 148 valence electrons. The predicted molar refractivity (Wildman–Crippen MR) is 106 cm³/mol. The van der Waals surface area contributed by atoms with Crippen LogP contribution in [0.1, 0.15) is 23.4 Å². The molecule has 1 unspecified atom stereocenters. The third-order valence-corrected chi connectivity index (χ3v) is 5.81. The molecule has 1 atom stereocenters. The zero-order valence-corrected chi connectivity index (χ0v) is 16.4. The second-order valence-electron chi connectivity index (χ2n) is 6.71. The fourth-order valence-electron chi connectivity index (χ4n) is 3.27. The fourth-order valence-corrected chi connectivity index (χ4v) is 4.30. The molecule has 3 heterocycles. The number of amides is 3. The van der Waals surface area contributed by atoms with Crippen LogP contribution >= 0.6 is 11.3 Å². The van der Waals surface area contributed by atoms with Gasteiger partial charge in [0.1, 0.15) is 11.9 Å².